The van der Waals surface area contributed by atoms with Gasteiger partial charge in [0.2, 0.25) is 0 Å². The largest absolute Gasteiger partial charge is 0.299 e. The van der Waals surface area contributed by atoms with E-state index in [1.807, 2.05) is 12.1 Å². The first-order chi connectivity index (χ1) is 9.46. The van der Waals surface area contributed by atoms with E-state index < -0.39 is 0 Å². The summed E-state index contributed by atoms with van der Waals surface area (Å²) in [7, 11) is 0. The molecule has 108 valence electrons. The molecule has 0 aliphatic heterocycles. The summed E-state index contributed by atoms with van der Waals surface area (Å²) in [5.74, 6) is 2.21. The fourth-order valence-electron chi connectivity index (χ4n) is 4.25. The third kappa shape index (κ3) is 2.02. The third-order valence-electron chi connectivity index (χ3n) is 5.67. The maximum Gasteiger partial charge on any atom is 0.143 e. The molecule has 0 heterocycles. The van der Waals surface area contributed by atoms with Crippen molar-refractivity contribution in [3.63, 3.8) is 0 Å². The minimum absolute atomic E-state index is 0.0684. The third-order valence-corrected chi connectivity index (χ3v) is 5.92. The Balaban J connectivity index is 1.88. The van der Waals surface area contributed by atoms with Gasteiger partial charge in [-0.15, -0.1) is 0 Å². The number of Topliss-reactive ketones (excluding diaryl/α,β-unsaturated/α-hetero) is 1. The van der Waals surface area contributed by atoms with Crippen LogP contribution < -0.4 is 0 Å². The first kappa shape index (κ1) is 14.1. The Kier molecular flexibility index (Phi) is 3.44. The second-order valence-electron chi connectivity index (χ2n) is 7.04. The molecule has 3 rings (SSSR count). The molecular formula is C18H23ClO. The van der Waals surface area contributed by atoms with Crippen LogP contribution >= 0.6 is 11.6 Å². The zero-order chi connectivity index (χ0) is 14.5. The first-order valence-electron chi connectivity index (χ1n) is 7.76. The quantitative estimate of drug-likeness (QED) is 0.742. The molecule has 2 aliphatic rings. The van der Waals surface area contributed by atoms with Gasteiger partial charge in [-0.1, -0.05) is 44.5 Å². The van der Waals surface area contributed by atoms with Gasteiger partial charge in [0, 0.05) is 16.4 Å². The van der Waals surface area contributed by atoms with Crippen LogP contribution in [-0.4, -0.2) is 5.78 Å². The topological polar surface area (TPSA) is 17.1 Å². The number of hydrogen-bond acceptors (Lipinski definition) is 1. The van der Waals surface area contributed by atoms with Crippen LogP contribution in [0.3, 0.4) is 0 Å². The van der Waals surface area contributed by atoms with Crippen molar-refractivity contribution in [2.75, 3.05) is 0 Å². The summed E-state index contributed by atoms with van der Waals surface area (Å²) in [5, 5.41) is 0.770. The van der Waals surface area contributed by atoms with Crippen molar-refractivity contribution in [1.29, 1.82) is 0 Å². The summed E-state index contributed by atoms with van der Waals surface area (Å²) in [6.07, 6.45) is 3.31. The molecule has 20 heavy (non-hydrogen) atoms. The lowest BCUT2D eigenvalue weighted by atomic mass is 9.66. The number of benzene rings is 1. The lowest BCUT2D eigenvalue weighted by molar-refractivity contribution is -0.135. The molecule has 0 bridgehead atoms. The van der Waals surface area contributed by atoms with Gasteiger partial charge in [0.25, 0.3) is 0 Å². The van der Waals surface area contributed by atoms with E-state index in [1.54, 1.807) is 0 Å². The van der Waals surface area contributed by atoms with Crippen LogP contribution in [0.2, 0.25) is 5.02 Å². The summed E-state index contributed by atoms with van der Waals surface area (Å²) in [6, 6.07) is 8.09. The predicted molar refractivity (Wildman–Crippen MR) is 83.0 cm³/mol. The molecular weight excluding hydrogens is 268 g/mol. The predicted octanol–water partition coefficient (Wildman–Crippen LogP) is 5.08. The monoisotopic (exact) mass is 290 g/mol. The van der Waals surface area contributed by atoms with Gasteiger partial charge in [-0.05, 0) is 54.7 Å². The zero-order valence-electron chi connectivity index (χ0n) is 12.5. The Morgan fingerprint density at radius 1 is 1.20 bits per heavy atom. The fourth-order valence-corrected chi connectivity index (χ4v) is 4.37. The normalized spacial score (nSPS) is 36.6. The molecule has 2 saturated carbocycles. The highest BCUT2D eigenvalue weighted by molar-refractivity contribution is 6.30. The van der Waals surface area contributed by atoms with Crippen molar-refractivity contribution < 1.29 is 4.79 Å². The SMILES string of the molecule is CC(C)[C@@H]1CC[C@@H](C)[C@]2(C[C@@H]2c2ccc(Cl)cc2)C1=O. The molecule has 0 amide bonds. The van der Waals surface area contributed by atoms with Crippen molar-refractivity contribution in [2.45, 2.75) is 46.0 Å². The average molecular weight is 291 g/mol. The van der Waals surface area contributed by atoms with Gasteiger partial charge in [-0.2, -0.15) is 0 Å². The molecule has 1 nitrogen and oxygen atoms in total. The Bertz CT molecular complexity index is 519. The van der Waals surface area contributed by atoms with Gasteiger partial charge in [-0.25, -0.2) is 0 Å². The lowest BCUT2D eigenvalue weighted by Crippen LogP contribution is -2.39. The second kappa shape index (κ2) is 4.87. The van der Waals surface area contributed by atoms with E-state index in [1.165, 1.54) is 12.0 Å². The van der Waals surface area contributed by atoms with E-state index >= 15 is 0 Å². The average Bonchev–Trinajstić information content (AvgIpc) is 3.14. The van der Waals surface area contributed by atoms with Gasteiger partial charge in [0.05, 0.1) is 0 Å². The van der Waals surface area contributed by atoms with Crippen LogP contribution in [0.25, 0.3) is 0 Å². The first-order valence-corrected chi connectivity index (χ1v) is 8.14. The minimum atomic E-state index is -0.0684. The zero-order valence-corrected chi connectivity index (χ0v) is 13.3. The lowest BCUT2D eigenvalue weighted by Gasteiger charge is -2.36. The summed E-state index contributed by atoms with van der Waals surface area (Å²) in [5.41, 5.74) is 1.22. The Morgan fingerprint density at radius 3 is 2.45 bits per heavy atom. The van der Waals surface area contributed by atoms with Crippen LogP contribution in [-0.2, 0) is 4.79 Å². The van der Waals surface area contributed by atoms with Gasteiger partial charge >= 0.3 is 0 Å². The van der Waals surface area contributed by atoms with E-state index in [0.29, 0.717) is 23.5 Å². The number of halogens is 1. The molecule has 2 fully saturated rings. The molecule has 0 radical (unpaired) electrons. The second-order valence-corrected chi connectivity index (χ2v) is 7.48. The van der Waals surface area contributed by atoms with E-state index in [4.69, 9.17) is 11.6 Å². The maximum absolute atomic E-state index is 13.0. The maximum atomic E-state index is 13.0. The van der Waals surface area contributed by atoms with Crippen LogP contribution in [0.4, 0.5) is 0 Å². The number of carbonyl (C=O) groups is 1. The molecule has 1 aromatic rings. The Hall–Kier alpha value is -0.820. The molecule has 0 N–H and O–H groups in total. The number of carbonyl (C=O) groups excluding carboxylic acids is 1. The van der Waals surface area contributed by atoms with Crippen molar-refractivity contribution in [2.24, 2.45) is 23.2 Å². The van der Waals surface area contributed by atoms with Crippen molar-refractivity contribution in [1.82, 2.24) is 0 Å². The highest BCUT2D eigenvalue weighted by atomic mass is 35.5. The minimum Gasteiger partial charge on any atom is -0.299 e. The molecule has 0 unspecified atom stereocenters. The Morgan fingerprint density at radius 2 is 1.85 bits per heavy atom. The van der Waals surface area contributed by atoms with E-state index in [9.17, 15) is 4.79 Å². The van der Waals surface area contributed by atoms with Gasteiger partial charge < -0.3 is 0 Å². The molecule has 4 atom stereocenters. The highest BCUT2D eigenvalue weighted by Crippen LogP contribution is 2.68. The number of rotatable bonds is 2. The van der Waals surface area contributed by atoms with Crippen molar-refractivity contribution >= 4 is 17.4 Å². The smallest absolute Gasteiger partial charge is 0.143 e. The highest BCUT2D eigenvalue weighted by Gasteiger charge is 2.65. The van der Waals surface area contributed by atoms with Crippen LogP contribution in [0.1, 0.15) is 51.5 Å². The number of hydrogen-bond donors (Lipinski definition) is 0. The van der Waals surface area contributed by atoms with E-state index in [2.05, 4.69) is 32.9 Å². The van der Waals surface area contributed by atoms with E-state index in [0.717, 1.165) is 17.9 Å². The van der Waals surface area contributed by atoms with Gasteiger partial charge in [0.15, 0.2) is 0 Å². The van der Waals surface area contributed by atoms with Crippen molar-refractivity contribution in [3.8, 4) is 0 Å². The summed E-state index contributed by atoms with van der Waals surface area (Å²) in [4.78, 5) is 13.0. The van der Waals surface area contributed by atoms with Crippen LogP contribution in [0.15, 0.2) is 24.3 Å². The summed E-state index contributed by atoms with van der Waals surface area (Å²) in [6.45, 7) is 6.64. The molecule has 1 spiro atoms. The van der Waals surface area contributed by atoms with Gasteiger partial charge in [0.1, 0.15) is 5.78 Å². The standard InChI is InChI=1S/C18H23ClO/c1-11(2)15-9-4-12(3)18(17(15)20)10-16(18)13-5-7-14(19)8-6-13/h5-8,11-12,15-16H,4,9-10H2,1-3H3/t12-,15+,16-,18+/m1/s1. The van der Waals surface area contributed by atoms with Crippen LogP contribution in [0.5, 0.6) is 0 Å². The van der Waals surface area contributed by atoms with E-state index in [-0.39, 0.29) is 11.3 Å². The summed E-state index contributed by atoms with van der Waals surface area (Å²) < 4.78 is 0. The molecule has 2 heteroatoms. The van der Waals surface area contributed by atoms with Gasteiger partial charge in [-0.3, -0.25) is 4.79 Å². The summed E-state index contributed by atoms with van der Waals surface area (Å²) >= 11 is 5.97. The fraction of sp³-hybridized carbons (Fsp3) is 0.611. The molecule has 0 saturated heterocycles. The molecule has 1 aromatic carbocycles. The molecule has 0 aromatic heterocycles. The van der Waals surface area contributed by atoms with Crippen molar-refractivity contribution in [3.05, 3.63) is 34.9 Å². The molecule has 2 aliphatic carbocycles. The number of ketones is 1. The van der Waals surface area contributed by atoms with Crippen LogP contribution in [0, 0.1) is 23.2 Å². The Labute approximate surface area is 126 Å².